The Labute approximate surface area is 286 Å². The van der Waals surface area contributed by atoms with Gasteiger partial charge in [0.05, 0.1) is 17.2 Å². The summed E-state index contributed by atoms with van der Waals surface area (Å²) in [6.45, 7) is 1.57. The van der Waals surface area contributed by atoms with Crippen molar-refractivity contribution in [3.05, 3.63) is 125 Å². The molecule has 1 atom stereocenters. The Hall–Kier alpha value is -4.41. The number of benzene rings is 4. The zero-order valence-electron chi connectivity index (χ0n) is 26.7. The second kappa shape index (κ2) is 16.1. The van der Waals surface area contributed by atoms with Crippen LogP contribution < -0.4 is 14.4 Å². The summed E-state index contributed by atoms with van der Waals surface area (Å²) in [5.74, 6) is -0.997. The van der Waals surface area contributed by atoms with E-state index in [0.29, 0.717) is 22.9 Å². The average Bonchev–Trinajstić information content (AvgIpc) is 3.59. The van der Waals surface area contributed by atoms with Gasteiger partial charge in [0, 0.05) is 24.0 Å². The highest BCUT2D eigenvalue weighted by Gasteiger charge is 2.35. The van der Waals surface area contributed by atoms with Gasteiger partial charge in [-0.15, -0.1) is 0 Å². The molecule has 5 rings (SSSR count). The third kappa shape index (κ3) is 8.93. The fraction of sp³-hybridized carbons (Fsp3) is 0.297. The maximum atomic E-state index is 14.6. The summed E-state index contributed by atoms with van der Waals surface area (Å²) in [5.41, 5.74) is 1.60. The van der Waals surface area contributed by atoms with Crippen molar-refractivity contribution in [3.63, 3.8) is 0 Å². The molecule has 1 aliphatic rings. The lowest BCUT2D eigenvalue weighted by Gasteiger charge is -2.34. The number of carbonyl (C=O) groups excluding carboxylic acids is 2. The Morgan fingerprint density at radius 3 is 2.23 bits per heavy atom. The van der Waals surface area contributed by atoms with Crippen molar-refractivity contribution < 1.29 is 27.1 Å². The Bertz CT molecular complexity index is 1780. The van der Waals surface area contributed by atoms with Gasteiger partial charge in [0.2, 0.25) is 11.8 Å². The van der Waals surface area contributed by atoms with Crippen LogP contribution in [0.4, 0.5) is 10.1 Å². The van der Waals surface area contributed by atoms with E-state index in [2.05, 4.69) is 5.32 Å². The number of halogens is 2. The zero-order chi connectivity index (χ0) is 34.1. The number of ether oxygens (including phenoxy) is 1. The van der Waals surface area contributed by atoms with Gasteiger partial charge in [-0.3, -0.25) is 13.9 Å². The highest BCUT2D eigenvalue weighted by Crippen LogP contribution is 2.27. The van der Waals surface area contributed by atoms with Crippen LogP contribution in [0.3, 0.4) is 0 Å². The number of anilines is 1. The molecule has 1 saturated carbocycles. The Kier molecular flexibility index (Phi) is 11.7. The van der Waals surface area contributed by atoms with E-state index in [-0.39, 0.29) is 35.5 Å². The largest absolute Gasteiger partial charge is 0.494 e. The number of amides is 2. The lowest BCUT2D eigenvalue weighted by molar-refractivity contribution is -0.140. The third-order valence-corrected chi connectivity index (χ3v) is 10.4. The van der Waals surface area contributed by atoms with Gasteiger partial charge in [0.25, 0.3) is 10.0 Å². The van der Waals surface area contributed by atoms with Gasteiger partial charge in [-0.05, 0) is 91.6 Å². The molecule has 0 radical (unpaired) electrons. The predicted molar refractivity (Wildman–Crippen MR) is 185 cm³/mol. The number of carbonyl (C=O) groups is 2. The number of nitrogens with one attached hydrogen (secondary N) is 1. The molecule has 0 heterocycles. The third-order valence-electron chi connectivity index (χ3n) is 8.33. The number of rotatable bonds is 14. The van der Waals surface area contributed by atoms with Gasteiger partial charge in [-0.1, -0.05) is 66.9 Å². The highest BCUT2D eigenvalue weighted by molar-refractivity contribution is 7.92. The minimum atomic E-state index is -4.34. The lowest BCUT2D eigenvalue weighted by Crippen LogP contribution is -2.54. The van der Waals surface area contributed by atoms with Crippen LogP contribution in [0.1, 0.15) is 43.7 Å². The van der Waals surface area contributed by atoms with E-state index < -0.39 is 34.3 Å². The fourth-order valence-electron chi connectivity index (χ4n) is 5.89. The van der Waals surface area contributed by atoms with Crippen molar-refractivity contribution >= 4 is 39.1 Å². The summed E-state index contributed by atoms with van der Waals surface area (Å²) in [7, 11) is -4.34. The van der Waals surface area contributed by atoms with Crippen LogP contribution in [0.5, 0.6) is 5.75 Å². The molecule has 11 heteroatoms. The van der Waals surface area contributed by atoms with Crippen LogP contribution in [-0.4, -0.2) is 50.4 Å². The van der Waals surface area contributed by atoms with Crippen LogP contribution in [0.15, 0.2) is 108 Å². The molecule has 252 valence electrons. The minimum Gasteiger partial charge on any atom is -0.494 e. The molecule has 1 aliphatic carbocycles. The van der Waals surface area contributed by atoms with E-state index in [0.717, 1.165) is 47.7 Å². The standard InChI is InChI=1S/C37H39ClFN3O5S/c1-2-47-33-19-21-34(22-20-33)48(45,46)42(32-17-15-30(39)16-18-32)26-36(43)41(25-28-11-8-12-29(38)23-28)35(24-27-9-4-3-5-10-27)37(44)40-31-13-6-7-14-31/h3-5,8-12,15-23,31,35H,2,6-7,13-14,24-26H2,1H3,(H,40,44). The number of hydrogen-bond acceptors (Lipinski definition) is 5. The molecule has 48 heavy (non-hydrogen) atoms. The molecule has 0 aliphatic heterocycles. The zero-order valence-corrected chi connectivity index (χ0v) is 28.3. The van der Waals surface area contributed by atoms with Crippen LogP contribution in [0, 0.1) is 5.82 Å². The highest BCUT2D eigenvalue weighted by atomic mass is 35.5. The molecule has 4 aromatic carbocycles. The maximum Gasteiger partial charge on any atom is 0.264 e. The molecule has 0 spiro atoms. The molecule has 0 bridgehead atoms. The van der Waals surface area contributed by atoms with Gasteiger partial charge in [0.15, 0.2) is 0 Å². The molecule has 1 fully saturated rings. The first-order valence-corrected chi connectivity index (χ1v) is 17.8. The Morgan fingerprint density at radius 2 is 1.58 bits per heavy atom. The lowest BCUT2D eigenvalue weighted by atomic mass is 10.0. The summed E-state index contributed by atoms with van der Waals surface area (Å²) in [6.07, 6.45) is 3.92. The van der Waals surface area contributed by atoms with Crippen molar-refractivity contribution in [2.45, 2.75) is 62.6 Å². The second-order valence-corrected chi connectivity index (χ2v) is 14.0. The van der Waals surface area contributed by atoms with Gasteiger partial charge in [-0.25, -0.2) is 12.8 Å². The summed E-state index contributed by atoms with van der Waals surface area (Å²) < 4.78 is 48.8. The normalized spacial score (nSPS) is 13.9. The average molecular weight is 692 g/mol. The predicted octanol–water partition coefficient (Wildman–Crippen LogP) is 6.77. The number of sulfonamides is 1. The van der Waals surface area contributed by atoms with E-state index in [4.69, 9.17) is 16.3 Å². The topological polar surface area (TPSA) is 96.0 Å². The van der Waals surface area contributed by atoms with Gasteiger partial charge >= 0.3 is 0 Å². The molecule has 1 unspecified atom stereocenters. The summed E-state index contributed by atoms with van der Waals surface area (Å²) >= 11 is 6.32. The molecular formula is C37H39ClFN3O5S. The number of hydrogen-bond donors (Lipinski definition) is 1. The molecule has 0 saturated heterocycles. The van der Waals surface area contributed by atoms with Crippen LogP contribution >= 0.6 is 11.6 Å². The monoisotopic (exact) mass is 691 g/mol. The van der Waals surface area contributed by atoms with E-state index in [1.54, 1.807) is 24.3 Å². The first-order valence-electron chi connectivity index (χ1n) is 16.0. The summed E-state index contributed by atoms with van der Waals surface area (Å²) in [4.78, 5) is 30.0. The van der Waals surface area contributed by atoms with Crippen molar-refractivity contribution in [1.29, 1.82) is 0 Å². The number of nitrogens with zero attached hydrogens (tertiary/aromatic N) is 2. The summed E-state index contributed by atoms with van der Waals surface area (Å²) in [5, 5.41) is 3.61. The first kappa shape index (κ1) is 34.9. The smallest absolute Gasteiger partial charge is 0.264 e. The Morgan fingerprint density at radius 1 is 0.917 bits per heavy atom. The maximum absolute atomic E-state index is 14.6. The van der Waals surface area contributed by atoms with E-state index >= 15 is 0 Å². The van der Waals surface area contributed by atoms with E-state index in [1.165, 1.54) is 41.3 Å². The van der Waals surface area contributed by atoms with Gasteiger partial charge in [0.1, 0.15) is 24.2 Å². The fourth-order valence-corrected chi connectivity index (χ4v) is 7.52. The molecule has 8 nitrogen and oxygen atoms in total. The van der Waals surface area contributed by atoms with Crippen LogP contribution in [-0.2, 0) is 32.6 Å². The van der Waals surface area contributed by atoms with Gasteiger partial charge in [-0.2, -0.15) is 0 Å². The van der Waals surface area contributed by atoms with Crippen molar-refractivity contribution in [2.75, 3.05) is 17.5 Å². The van der Waals surface area contributed by atoms with Crippen molar-refractivity contribution in [2.24, 2.45) is 0 Å². The Balaban J connectivity index is 1.55. The first-order chi connectivity index (χ1) is 23.1. The SMILES string of the molecule is CCOc1ccc(S(=O)(=O)N(CC(=O)N(Cc2cccc(Cl)c2)C(Cc2ccccc2)C(=O)NC2CCCC2)c2ccc(F)cc2)cc1. The van der Waals surface area contributed by atoms with E-state index in [1.807, 2.05) is 37.3 Å². The quantitative estimate of drug-likeness (QED) is 0.158. The molecule has 1 N–H and O–H groups in total. The van der Waals surface area contributed by atoms with Gasteiger partial charge < -0.3 is 15.0 Å². The molecular weight excluding hydrogens is 653 g/mol. The molecule has 0 aromatic heterocycles. The van der Waals surface area contributed by atoms with Crippen molar-refractivity contribution in [3.8, 4) is 5.75 Å². The van der Waals surface area contributed by atoms with Crippen molar-refractivity contribution in [1.82, 2.24) is 10.2 Å². The minimum absolute atomic E-state index is 0.00462. The second-order valence-electron chi connectivity index (χ2n) is 11.7. The van der Waals surface area contributed by atoms with Crippen LogP contribution in [0.25, 0.3) is 0 Å². The van der Waals surface area contributed by atoms with E-state index in [9.17, 15) is 22.4 Å². The molecule has 2 amide bonds. The molecule has 4 aromatic rings. The van der Waals surface area contributed by atoms with Crippen LogP contribution in [0.2, 0.25) is 5.02 Å². The summed E-state index contributed by atoms with van der Waals surface area (Å²) in [6, 6.07) is 26.2.